The molecular formula is C58H104O6. The maximum atomic E-state index is 12.8. The first-order valence-electron chi connectivity index (χ1n) is 27.6. The Hall–Kier alpha value is -2.63. The van der Waals surface area contributed by atoms with E-state index in [-0.39, 0.29) is 31.1 Å². The van der Waals surface area contributed by atoms with Crippen LogP contribution in [0.25, 0.3) is 0 Å². The summed E-state index contributed by atoms with van der Waals surface area (Å²) in [5, 5.41) is 0. The van der Waals surface area contributed by atoms with Crippen molar-refractivity contribution in [3.8, 4) is 0 Å². The minimum atomic E-state index is -0.781. The third kappa shape index (κ3) is 50.4. The summed E-state index contributed by atoms with van der Waals surface area (Å²) >= 11 is 0. The summed E-state index contributed by atoms with van der Waals surface area (Å²) in [5.41, 5.74) is 0. The first-order chi connectivity index (χ1) is 31.5. The minimum Gasteiger partial charge on any atom is -0.462 e. The van der Waals surface area contributed by atoms with Gasteiger partial charge in [-0.1, -0.05) is 230 Å². The zero-order valence-corrected chi connectivity index (χ0v) is 42.6. The fourth-order valence-corrected chi connectivity index (χ4v) is 7.86. The lowest BCUT2D eigenvalue weighted by atomic mass is 10.0. The Morgan fingerprint density at radius 1 is 0.312 bits per heavy atom. The summed E-state index contributed by atoms with van der Waals surface area (Å²) in [6, 6.07) is 0. The van der Waals surface area contributed by atoms with Crippen molar-refractivity contribution in [3.63, 3.8) is 0 Å². The minimum absolute atomic E-state index is 0.0802. The largest absolute Gasteiger partial charge is 0.462 e. The Bertz CT molecular complexity index is 1120. The molecule has 0 N–H and O–H groups in total. The number of carbonyl (C=O) groups is 3. The first-order valence-corrected chi connectivity index (χ1v) is 27.6. The zero-order chi connectivity index (χ0) is 46.5. The molecule has 0 heterocycles. The van der Waals surface area contributed by atoms with E-state index < -0.39 is 6.10 Å². The summed E-state index contributed by atoms with van der Waals surface area (Å²) < 4.78 is 16.8. The lowest BCUT2D eigenvalue weighted by Gasteiger charge is -2.18. The number of hydrogen-bond acceptors (Lipinski definition) is 6. The molecular weight excluding hydrogens is 793 g/mol. The number of esters is 3. The fraction of sp³-hybridized carbons (Fsp3) is 0.810. The molecule has 0 aliphatic heterocycles. The molecule has 0 aromatic rings. The Morgan fingerprint density at radius 2 is 0.562 bits per heavy atom. The molecule has 64 heavy (non-hydrogen) atoms. The van der Waals surface area contributed by atoms with E-state index in [1.54, 1.807) is 0 Å². The molecule has 0 amide bonds. The van der Waals surface area contributed by atoms with Gasteiger partial charge in [-0.2, -0.15) is 0 Å². The normalized spacial score (nSPS) is 12.4. The molecule has 6 nitrogen and oxygen atoms in total. The second kappa shape index (κ2) is 53.0. The molecule has 0 aromatic heterocycles. The lowest BCUT2D eigenvalue weighted by molar-refractivity contribution is -0.167. The van der Waals surface area contributed by atoms with Gasteiger partial charge in [-0.05, 0) is 83.5 Å². The first kappa shape index (κ1) is 61.4. The van der Waals surface area contributed by atoms with Crippen LogP contribution in [-0.2, 0) is 28.6 Å². The van der Waals surface area contributed by atoms with Gasteiger partial charge in [0.15, 0.2) is 6.10 Å². The van der Waals surface area contributed by atoms with Crippen molar-refractivity contribution >= 4 is 17.9 Å². The molecule has 0 aliphatic carbocycles. The van der Waals surface area contributed by atoms with Gasteiger partial charge in [0, 0.05) is 19.3 Å². The number of allylic oxidation sites excluding steroid dienone is 8. The molecule has 6 heteroatoms. The lowest BCUT2D eigenvalue weighted by Crippen LogP contribution is -2.30. The third-order valence-electron chi connectivity index (χ3n) is 12.1. The van der Waals surface area contributed by atoms with Crippen LogP contribution < -0.4 is 0 Å². The van der Waals surface area contributed by atoms with Gasteiger partial charge in [0.25, 0.3) is 0 Å². The van der Waals surface area contributed by atoms with Crippen molar-refractivity contribution in [1.29, 1.82) is 0 Å². The van der Waals surface area contributed by atoms with Crippen molar-refractivity contribution in [3.05, 3.63) is 48.6 Å². The number of hydrogen-bond donors (Lipinski definition) is 0. The van der Waals surface area contributed by atoms with Gasteiger partial charge in [-0.25, -0.2) is 0 Å². The van der Waals surface area contributed by atoms with E-state index in [0.29, 0.717) is 19.3 Å². The summed E-state index contributed by atoms with van der Waals surface area (Å²) in [7, 11) is 0. The average molecular weight is 897 g/mol. The number of ether oxygens (including phenoxy) is 3. The Kier molecular flexibility index (Phi) is 50.8. The molecule has 0 rings (SSSR count). The highest BCUT2D eigenvalue weighted by Crippen LogP contribution is 2.15. The van der Waals surface area contributed by atoms with Crippen LogP contribution in [0.4, 0.5) is 0 Å². The maximum Gasteiger partial charge on any atom is 0.306 e. The molecule has 0 bridgehead atoms. The molecule has 0 unspecified atom stereocenters. The van der Waals surface area contributed by atoms with Gasteiger partial charge in [-0.3, -0.25) is 14.4 Å². The second-order valence-corrected chi connectivity index (χ2v) is 18.5. The summed E-state index contributed by atoms with van der Waals surface area (Å²) in [6.45, 7) is 6.60. The molecule has 1 atom stereocenters. The van der Waals surface area contributed by atoms with Crippen molar-refractivity contribution in [2.75, 3.05) is 13.2 Å². The Morgan fingerprint density at radius 3 is 0.922 bits per heavy atom. The van der Waals surface area contributed by atoms with Gasteiger partial charge in [0.2, 0.25) is 0 Å². The van der Waals surface area contributed by atoms with Crippen molar-refractivity contribution < 1.29 is 28.6 Å². The van der Waals surface area contributed by atoms with E-state index >= 15 is 0 Å². The number of carbonyl (C=O) groups excluding carboxylic acids is 3. The highest BCUT2D eigenvalue weighted by atomic mass is 16.6. The highest BCUT2D eigenvalue weighted by molar-refractivity contribution is 5.71. The van der Waals surface area contributed by atoms with Crippen molar-refractivity contribution in [2.45, 2.75) is 290 Å². The van der Waals surface area contributed by atoms with E-state index in [2.05, 4.69) is 69.4 Å². The summed E-state index contributed by atoms with van der Waals surface area (Å²) in [4.78, 5) is 38.0. The van der Waals surface area contributed by atoms with Gasteiger partial charge in [0.1, 0.15) is 13.2 Å². The molecule has 0 aromatic carbocycles. The monoisotopic (exact) mass is 897 g/mol. The predicted octanol–water partition coefficient (Wildman–Crippen LogP) is 18.3. The molecule has 0 saturated heterocycles. The van der Waals surface area contributed by atoms with E-state index in [1.807, 2.05) is 0 Å². The average Bonchev–Trinajstić information content (AvgIpc) is 3.29. The molecule has 372 valence electrons. The Labute approximate surface area is 397 Å². The standard InChI is InChI=1S/C58H104O6/c1-4-7-10-13-16-19-22-25-27-29-31-33-36-38-41-44-47-50-56(59)62-53-55(64-58(61)52-49-46-43-40-35-24-21-18-15-12-9-6-3)54-63-57(60)51-48-45-42-39-37-34-32-30-28-26-23-20-17-14-11-8-5-2/h16,19,25-28,31,33,55H,4-15,17-18,20-24,29-30,32,34-54H2,1-3H3/b19-16-,27-25-,28-26-,33-31-/t55-/m1/s1. The van der Waals surface area contributed by atoms with Crippen LogP contribution in [0.2, 0.25) is 0 Å². The number of unbranched alkanes of at least 4 members (excludes halogenated alkanes) is 31. The molecule has 0 saturated carbocycles. The van der Waals surface area contributed by atoms with Crippen molar-refractivity contribution in [2.24, 2.45) is 0 Å². The van der Waals surface area contributed by atoms with Crippen LogP contribution in [-0.4, -0.2) is 37.2 Å². The molecule has 0 aliphatic rings. The summed E-state index contributed by atoms with van der Waals surface area (Å²) in [5.74, 6) is -0.896. The highest BCUT2D eigenvalue weighted by Gasteiger charge is 2.19. The van der Waals surface area contributed by atoms with Gasteiger partial charge in [0.05, 0.1) is 0 Å². The fourth-order valence-electron chi connectivity index (χ4n) is 7.86. The smallest absolute Gasteiger partial charge is 0.306 e. The predicted molar refractivity (Wildman–Crippen MR) is 275 cm³/mol. The Balaban J connectivity index is 4.37. The van der Waals surface area contributed by atoms with Gasteiger partial charge < -0.3 is 14.2 Å². The van der Waals surface area contributed by atoms with E-state index in [9.17, 15) is 14.4 Å². The zero-order valence-electron chi connectivity index (χ0n) is 42.6. The van der Waals surface area contributed by atoms with Crippen LogP contribution in [0.3, 0.4) is 0 Å². The van der Waals surface area contributed by atoms with Crippen LogP contribution in [0, 0.1) is 0 Å². The van der Waals surface area contributed by atoms with Gasteiger partial charge >= 0.3 is 17.9 Å². The van der Waals surface area contributed by atoms with Crippen LogP contribution in [0.1, 0.15) is 284 Å². The topological polar surface area (TPSA) is 78.9 Å². The summed E-state index contributed by atoms with van der Waals surface area (Å²) in [6.07, 6.45) is 63.8. The van der Waals surface area contributed by atoms with Crippen LogP contribution >= 0.6 is 0 Å². The van der Waals surface area contributed by atoms with E-state index in [1.165, 1.54) is 161 Å². The molecule has 0 fully saturated rings. The SMILES string of the molecule is CCCCC/C=C\C/C=C\C/C=C\CCCCCCC(=O)OC[C@H](COC(=O)CCCCCCCCC/C=C\CCCCCCCC)OC(=O)CCCCCCCCCCCCCC. The second-order valence-electron chi connectivity index (χ2n) is 18.5. The number of rotatable bonds is 50. The van der Waals surface area contributed by atoms with E-state index in [4.69, 9.17) is 14.2 Å². The van der Waals surface area contributed by atoms with Crippen molar-refractivity contribution in [1.82, 2.24) is 0 Å². The molecule has 0 radical (unpaired) electrons. The van der Waals surface area contributed by atoms with Crippen LogP contribution in [0.15, 0.2) is 48.6 Å². The maximum absolute atomic E-state index is 12.8. The quantitative estimate of drug-likeness (QED) is 0.0262. The molecule has 0 spiro atoms. The van der Waals surface area contributed by atoms with Gasteiger partial charge in [-0.15, -0.1) is 0 Å². The van der Waals surface area contributed by atoms with Crippen LogP contribution in [0.5, 0.6) is 0 Å². The third-order valence-corrected chi connectivity index (χ3v) is 12.1. The van der Waals surface area contributed by atoms with E-state index in [0.717, 1.165) is 83.5 Å².